The molecule has 0 radical (unpaired) electrons. The Kier molecular flexibility index (Phi) is 4.33. The van der Waals surface area contributed by atoms with Crippen molar-refractivity contribution in [3.05, 3.63) is 58.3 Å². The van der Waals surface area contributed by atoms with Crippen molar-refractivity contribution in [1.29, 1.82) is 0 Å². The predicted octanol–water partition coefficient (Wildman–Crippen LogP) is 3.48. The van der Waals surface area contributed by atoms with Crippen molar-refractivity contribution < 1.29 is 9.84 Å². The smallest absolute Gasteiger partial charge is 0.125 e. The first-order valence-corrected chi connectivity index (χ1v) is 6.45. The molecule has 0 aliphatic rings. The molecule has 0 spiro atoms. The van der Waals surface area contributed by atoms with E-state index < -0.39 is 6.10 Å². The fraction of sp³-hybridized carbons (Fsp3) is 0.214. The van der Waals surface area contributed by atoms with E-state index in [2.05, 4.69) is 20.9 Å². The number of aliphatic hydroxyl groups excluding tert-OH is 1. The van der Waals surface area contributed by atoms with Gasteiger partial charge >= 0.3 is 0 Å². The second kappa shape index (κ2) is 5.98. The molecule has 18 heavy (non-hydrogen) atoms. The van der Waals surface area contributed by atoms with Crippen molar-refractivity contribution in [2.24, 2.45) is 0 Å². The van der Waals surface area contributed by atoms with E-state index in [0.29, 0.717) is 12.4 Å². The molecular weight excluding hydrogens is 294 g/mol. The van der Waals surface area contributed by atoms with Gasteiger partial charge in [0.25, 0.3) is 0 Å². The lowest BCUT2D eigenvalue weighted by Crippen LogP contribution is -2.01. The first-order chi connectivity index (χ1) is 8.66. The lowest BCUT2D eigenvalue weighted by Gasteiger charge is -2.13. The summed E-state index contributed by atoms with van der Waals surface area (Å²) in [6, 6.07) is 9.43. The number of hydrogen-bond donors (Lipinski definition) is 1. The topological polar surface area (TPSA) is 42.4 Å². The lowest BCUT2D eigenvalue weighted by atomic mass is 10.1. The molecule has 4 heteroatoms. The van der Waals surface area contributed by atoms with Crippen molar-refractivity contribution in [2.75, 3.05) is 0 Å². The van der Waals surface area contributed by atoms with Crippen molar-refractivity contribution >= 4 is 15.9 Å². The maximum atomic E-state index is 9.71. The summed E-state index contributed by atoms with van der Waals surface area (Å²) in [7, 11) is 0. The third kappa shape index (κ3) is 3.31. The summed E-state index contributed by atoms with van der Waals surface area (Å²) in [5.74, 6) is 0.692. The van der Waals surface area contributed by atoms with E-state index in [1.807, 2.05) is 30.3 Å². The number of pyridine rings is 1. The van der Waals surface area contributed by atoms with E-state index in [1.54, 1.807) is 19.3 Å². The molecule has 0 amide bonds. The molecule has 0 bridgehead atoms. The molecule has 1 aromatic heterocycles. The maximum Gasteiger partial charge on any atom is 0.125 e. The minimum Gasteiger partial charge on any atom is -0.488 e. The first kappa shape index (κ1) is 13.1. The van der Waals surface area contributed by atoms with Crippen molar-refractivity contribution in [1.82, 2.24) is 4.98 Å². The van der Waals surface area contributed by atoms with Crippen molar-refractivity contribution in [3.8, 4) is 5.75 Å². The van der Waals surface area contributed by atoms with Crippen LogP contribution >= 0.6 is 15.9 Å². The summed E-state index contributed by atoms with van der Waals surface area (Å²) in [6.45, 7) is 2.16. The van der Waals surface area contributed by atoms with Crippen molar-refractivity contribution in [3.63, 3.8) is 0 Å². The Morgan fingerprint density at radius 3 is 2.89 bits per heavy atom. The van der Waals surface area contributed by atoms with Gasteiger partial charge in [-0.3, -0.25) is 4.98 Å². The second-order valence-corrected chi connectivity index (χ2v) is 4.92. The zero-order valence-corrected chi connectivity index (χ0v) is 11.6. The minimum atomic E-state index is -0.564. The van der Waals surface area contributed by atoms with Crippen LogP contribution in [0.15, 0.2) is 47.2 Å². The van der Waals surface area contributed by atoms with E-state index in [0.717, 1.165) is 15.6 Å². The Balaban J connectivity index is 2.14. The van der Waals surface area contributed by atoms with Gasteiger partial charge in [-0.05, 0) is 31.2 Å². The summed E-state index contributed by atoms with van der Waals surface area (Å²) in [5.41, 5.74) is 1.77. The highest BCUT2D eigenvalue weighted by atomic mass is 79.9. The van der Waals surface area contributed by atoms with Gasteiger partial charge in [0.1, 0.15) is 12.4 Å². The highest BCUT2D eigenvalue weighted by Gasteiger charge is 2.10. The fourth-order valence-electron chi connectivity index (χ4n) is 1.62. The average molecular weight is 308 g/mol. The first-order valence-electron chi connectivity index (χ1n) is 5.66. The van der Waals surface area contributed by atoms with Crippen LogP contribution in [0.1, 0.15) is 24.2 Å². The van der Waals surface area contributed by atoms with E-state index in [-0.39, 0.29) is 0 Å². The number of halogens is 1. The second-order valence-electron chi connectivity index (χ2n) is 4.01. The van der Waals surface area contributed by atoms with E-state index >= 15 is 0 Å². The van der Waals surface area contributed by atoms with Gasteiger partial charge in [-0.2, -0.15) is 0 Å². The Labute approximate surface area is 115 Å². The molecule has 3 nitrogen and oxygen atoms in total. The Hall–Kier alpha value is -1.39. The molecule has 0 saturated carbocycles. The number of aromatic nitrogens is 1. The molecule has 0 fully saturated rings. The molecule has 0 saturated heterocycles. The number of nitrogens with zero attached hydrogens (tertiary/aromatic N) is 1. The van der Waals surface area contributed by atoms with Crippen LogP contribution in [-0.2, 0) is 6.61 Å². The van der Waals surface area contributed by atoms with E-state index in [1.165, 1.54) is 0 Å². The van der Waals surface area contributed by atoms with Gasteiger partial charge in [0.15, 0.2) is 0 Å². The molecule has 1 atom stereocenters. The van der Waals surface area contributed by atoms with Gasteiger partial charge in [0.05, 0.1) is 6.10 Å². The fourth-order valence-corrected chi connectivity index (χ4v) is 2.00. The van der Waals surface area contributed by atoms with Crippen LogP contribution < -0.4 is 4.74 Å². The average Bonchev–Trinajstić information content (AvgIpc) is 2.38. The third-order valence-electron chi connectivity index (χ3n) is 2.54. The van der Waals surface area contributed by atoms with Gasteiger partial charge in [-0.1, -0.05) is 22.0 Å². The molecule has 2 rings (SSSR count). The van der Waals surface area contributed by atoms with Crippen LogP contribution in [0.5, 0.6) is 5.75 Å². The van der Waals surface area contributed by atoms with Crippen LogP contribution in [0.3, 0.4) is 0 Å². The molecular formula is C14H14BrNO2. The maximum absolute atomic E-state index is 9.71. The lowest BCUT2D eigenvalue weighted by molar-refractivity contribution is 0.190. The van der Waals surface area contributed by atoms with Crippen LogP contribution in [0.4, 0.5) is 0 Å². The van der Waals surface area contributed by atoms with Crippen LogP contribution in [0.2, 0.25) is 0 Å². The minimum absolute atomic E-state index is 0.440. The Morgan fingerprint density at radius 1 is 1.39 bits per heavy atom. The summed E-state index contributed by atoms with van der Waals surface area (Å²) in [6.07, 6.45) is 2.93. The quantitative estimate of drug-likeness (QED) is 0.940. The molecule has 1 unspecified atom stereocenters. The molecule has 0 aliphatic heterocycles. The van der Waals surface area contributed by atoms with Crippen molar-refractivity contribution in [2.45, 2.75) is 19.6 Å². The summed E-state index contributed by atoms with van der Waals surface area (Å²) < 4.78 is 6.64. The van der Waals surface area contributed by atoms with Gasteiger partial charge < -0.3 is 9.84 Å². The molecule has 1 aromatic carbocycles. The normalized spacial score (nSPS) is 12.2. The molecule has 1 N–H and O–H groups in total. The number of rotatable bonds is 4. The zero-order chi connectivity index (χ0) is 13.0. The number of aliphatic hydroxyl groups is 1. The number of ether oxygens (including phenoxy) is 1. The SMILES string of the molecule is CC(O)c1cc(Br)ccc1OCc1cccnc1. The van der Waals surface area contributed by atoms with Gasteiger partial charge in [-0.25, -0.2) is 0 Å². The third-order valence-corrected chi connectivity index (χ3v) is 3.03. The van der Waals surface area contributed by atoms with Gasteiger partial charge in [0.2, 0.25) is 0 Å². The summed E-state index contributed by atoms with van der Waals surface area (Å²) in [4.78, 5) is 4.03. The largest absolute Gasteiger partial charge is 0.488 e. The Morgan fingerprint density at radius 2 is 2.22 bits per heavy atom. The Bertz CT molecular complexity index is 514. The summed E-state index contributed by atoms with van der Waals surface area (Å²) >= 11 is 3.38. The molecule has 0 aliphatic carbocycles. The molecule has 2 aromatic rings. The predicted molar refractivity (Wildman–Crippen MR) is 73.3 cm³/mol. The van der Waals surface area contributed by atoms with Crippen LogP contribution in [-0.4, -0.2) is 10.1 Å². The highest BCUT2D eigenvalue weighted by Crippen LogP contribution is 2.29. The standard InChI is InChI=1S/C14H14BrNO2/c1-10(17)13-7-12(15)4-5-14(13)18-9-11-3-2-6-16-8-11/h2-8,10,17H,9H2,1H3. The number of hydrogen-bond acceptors (Lipinski definition) is 3. The van der Waals surface area contributed by atoms with Crippen LogP contribution in [0, 0.1) is 0 Å². The zero-order valence-electron chi connectivity index (χ0n) is 10.0. The van der Waals surface area contributed by atoms with Gasteiger partial charge in [-0.15, -0.1) is 0 Å². The van der Waals surface area contributed by atoms with E-state index in [9.17, 15) is 5.11 Å². The van der Waals surface area contributed by atoms with E-state index in [4.69, 9.17) is 4.74 Å². The number of benzene rings is 1. The van der Waals surface area contributed by atoms with Crippen LogP contribution in [0.25, 0.3) is 0 Å². The monoisotopic (exact) mass is 307 g/mol. The molecule has 1 heterocycles. The van der Waals surface area contributed by atoms with Gasteiger partial charge in [0, 0.05) is 28.0 Å². The summed E-state index contributed by atoms with van der Waals surface area (Å²) in [5, 5.41) is 9.71. The highest BCUT2D eigenvalue weighted by molar-refractivity contribution is 9.10. The molecule has 94 valence electrons.